The average molecular weight is 632 g/mol. The molecule has 0 bridgehead atoms. The van der Waals surface area contributed by atoms with Crippen molar-refractivity contribution in [3.05, 3.63) is 82.9 Å². The van der Waals surface area contributed by atoms with Crippen molar-refractivity contribution in [1.82, 2.24) is 25.3 Å². The third kappa shape index (κ3) is 6.21. The van der Waals surface area contributed by atoms with Crippen LogP contribution in [0.4, 0.5) is 0 Å². The molecular formula is C35H42ClN5O4. The summed E-state index contributed by atoms with van der Waals surface area (Å²) in [5.74, 6) is -0.765. The second-order valence-corrected chi connectivity index (χ2v) is 13.5. The van der Waals surface area contributed by atoms with E-state index in [-0.39, 0.29) is 30.8 Å². The van der Waals surface area contributed by atoms with E-state index in [9.17, 15) is 19.2 Å². The zero-order valence-electron chi connectivity index (χ0n) is 26.5. The Morgan fingerprint density at radius 2 is 1.73 bits per heavy atom. The first-order valence-electron chi connectivity index (χ1n) is 15.4. The van der Waals surface area contributed by atoms with E-state index < -0.39 is 29.3 Å². The number of aldehydes is 1. The van der Waals surface area contributed by atoms with Crippen LogP contribution < -0.4 is 10.6 Å². The summed E-state index contributed by atoms with van der Waals surface area (Å²) in [6, 6.07) is 20.3. The molecule has 9 nitrogen and oxygen atoms in total. The first-order chi connectivity index (χ1) is 21.4. The molecule has 2 saturated heterocycles. The number of carbonyl (C=O) groups is 4. The normalized spacial score (nSPS) is 21.0. The van der Waals surface area contributed by atoms with Crippen molar-refractivity contribution in [2.75, 3.05) is 26.7 Å². The number of likely N-dealkylation sites (N-methyl/N-ethyl adjacent to an activating group) is 1. The molecule has 0 spiro atoms. The molecule has 2 unspecified atom stereocenters. The van der Waals surface area contributed by atoms with Crippen molar-refractivity contribution >= 4 is 46.4 Å². The standard InChI is InChI=1S/C35H42ClN5O4/c1-23(37-5)32(44)38-35(22-42,34(2,3)4)40-21-31(43)41-29(19-24-14-15-25-10-6-7-12-27(25)18-24)33(45)39(20-30(40)41)17-16-26-11-8-9-13-28(26)36/h6-15,18,22-23,29-30,37H,16-17,19-21H2,1-5H3,(H,38,44)/t23?,29-,30+,35?/m0/s1. The Morgan fingerprint density at radius 1 is 1.04 bits per heavy atom. The number of fused-ring (bicyclic) bond motifs is 2. The molecule has 238 valence electrons. The van der Waals surface area contributed by atoms with Gasteiger partial charge in [0.25, 0.3) is 0 Å². The summed E-state index contributed by atoms with van der Waals surface area (Å²) < 4.78 is 0. The zero-order chi connectivity index (χ0) is 32.5. The lowest BCUT2D eigenvalue weighted by molar-refractivity contribution is -0.160. The average Bonchev–Trinajstić information content (AvgIpc) is 3.35. The molecule has 45 heavy (non-hydrogen) atoms. The molecule has 10 heteroatoms. The minimum atomic E-state index is -1.52. The first kappa shape index (κ1) is 32.6. The number of carbonyl (C=O) groups excluding carboxylic acids is 4. The molecule has 3 aromatic carbocycles. The molecular weight excluding hydrogens is 590 g/mol. The molecule has 2 fully saturated rings. The molecule has 2 N–H and O–H groups in total. The SMILES string of the molecule is CNC(C)C(=O)NC(C=O)(N1CC(=O)N2[C@@H](Cc3ccc4ccccc4c3)C(=O)N(CCc3ccccc3Cl)C[C@@H]21)C(C)(C)C. The Morgan fingerprint density at radius 3 is 2.40 bits per heavy atom. The van der Waals surface area contributed by atoms with Crippen LogP contribution in [0.3, 0.4) is 0 Å². The monoisotopic (exact) mass is 631 g/mol. The summed E-state index contributed by atoms with van der Waals surface area (Å²) in [4.78, 5) is 59.8. The second kappa shape index (κ2) is 12.9. The molecule has 0 radical (unpaired) electrons. The third-order valence-electron chi connectivity index (χ3n) is 9.35. The van der Waals surface area contributed by atoms with Crippen molar-refractivity contribution < 1.29 is 19.2 Å². The maximum Gasteiger partial charge on any atom is 0.245 e. The third-order valence-corrected chi connectivity index (χ3v) is 9.72. The molecule has 4 atom stereocenters. The smallest absolute Gasteiger partial charge is 0.245 e. The van der Waals surface area contributed by atoms with Gasteiger partial charge in [-0.15, -0.1) is 0 Å². The van der Waals surface area contributed by atoms with Crippen molar-refractivity contribution in [2.24, 2.45) is 5.41 Å². The Labute approximate surface area is 269 Å². The molecule has 3 aromatic rings. The first-order valence-corrected chi connectivity index (χ1v) is 15.8. The summed E-state index contributed by atoms with van der Waals surface area (Å²) in [6.45, 7) is 7.78. The summed E-state index contributed by atoms with van der Waals surface area (Å²) in [6.07, 6.45) is 0.951. The van der Waals surface area contributed by atoms with Crippen molar-refractivity contribution in [3.8, 4) is 0 Å². The van der Waals surface area contributed by atoms with E-state index in [4.69, 9.17) is 11.6 Å². The molecule has 2 aliphatic rings. The van der Waals surface area contributed by atoms with Crippen molar-refractivity contribution in [2.45, 2.75) is 64.4 Å². The Bertz CT molecular complexity index is 1610. The van der Waals surface area contributed by atoms with E-state index >= 15 is 0 Å². The van der Waals surface area contributed by atoms with Crippen LogP contribution in [0.5, 0.6) is 0 Å². The van der Waals surface area contributed by atoms with Crippen LogP contribution in [0.25, 0.3) is 10.8 Å². The zero-order valence-corrected chi connectivity index (χ0v) is 27.3. The van der Waals surface area contributed by atoms with Crippen LogP contribution >= 0.6 is 11.6 Å². The lowest BCUT2D eigenvalue weighted by Gasteiger charge is -2.52. The number of rotatable bonds is 10. The molecule has 2 heterocycles. The van der Waals surface area contributed by atoms with E-state index in [0.29, 0.717) is 24.4 Å². The predicted octanol–water partition coefficient (Wildman–Crippen LogP) is 3.62. The minimum Gasteiger partial charge on any atom is -0.337 e. The molecule has 0 aromatic heterocycles. The highest BCUT2D eigenvalue weighted by atomic mass is 35.5. The summed E-state index contributed by atoms with van der Waals surface area (Å²) in [5.41, 5.74) is -0.470. The summed E-state index contributed by atoms with van der Waals surface area (Å²) in [7, 11) is 1.67. The summed E-state index contributed by atoms with van der Waals surface area (Å²) in [5, 5.41) is 8.69. The van der Waals surface area contributed by atoms with Crippen molar-refractivity contribution in [3.63, 3.8) is 0 Å². The van der Waals surface area contributed by atoms with Crippen LogP contribution in [-0.4, -0.2) is 89.3 Å². The number of hydrogen-bond acceptors (Lipinski definition) is 6. The topological polar surface area (TPSA) is 102 Å². The Hall–Kier alpha value is -3.79. The number of piperazine rings is 1. The largest absolute Gasteiger partial charge is 0.337 e. The van der Waals surface area contributed by atoms with Gasteiger partial charge in [-0.05, 0) is 48.4 Å². The van der Waals surface area contributed by atoms with Crippen molar-refractivity contribution in [1.29, 1.82) is 0 Å². The van der Waals surface area contributed by atoms with Gasteiger partial charge in [-0.2, -0.15) is 0 Å². The van der Waals surface area contributed by atoms with E-state index in [0.717, 1.165) is 28.2 Å². The van der Waals surface area contributed by atoms with E-state index in [1.807, 2.05) is 81.4 Å². The van der Waals surface area contributed by atoms with Gasteiger partial charge in [0.1, 0.15) is 12.2 Å². The molecule has 5 rings (SSSR count). The van der Waals surface area contributed by atoms with Gasteiger partial charge in [-0.25, -0.2) is 4.90 Å². The van der Waals surface area contributed by atoms with Gasteiger partial charge in [0.2, 0.25) is 17.7 Å². The van der Waals surface area contributed by atoms with Gasteiger partial charge >= 0.3 is 0 Å². The highest BCUT2D eigenvalue weighted by molar-refractivity contribution is 6.31. The van der Waals surface area contributed by atoms with Crippen LogP contribution in [-0.2, 0) is 32.0 Å². The maximum atomic E-state index is 14.2. The highest BCUT2D eigenvalue weighted by Gasteiger charge is 2.59. The van der Waals surface area contributed by atoms with Crippen LogP contribution in [0.2, 0.25) is 5.02 Å². The molecule has 3 amide bonds. The number of benzene rings is 3. The number of hydrogen-bond donors (Lipinski definition) is 2. The van der Waals surface area contributed by atoms with Gasteiger partial charge < -0.3 is 20.4 Å². The van der Waals surface area contributed by atoms with Gasteiger partial charge in [0.05, 0.1) is 19.1 Å². The number of nitrogens with zero attached hydrogens (tertiary/aromatic N) is 3. The summed E-state index contributed by atoms with van der Waals surface area (Å²) >= 11 is 6.46. The maximum absolute atomic E-state index is 14.2. The minimum absolute atomic E-state index is 0.116. The molecule has 0 aliphatic carbocycles. The Kier molecular flexibility index (Phi) is 9.35. The van der Waals surface area contributed by atoms with Crippen LogP contribution in [0.1, 0.15) is 38.8 Å². The van der Waals surface area contributed by atoms with Gasteiger partial charge in [-0.1, -0.05) is 93.0 Å². The predicted molar refractivity (Wildman–Crippen MR) is 175 cm³/mol. The van der Waals surface area contributed by atoms with Gasteiger partial charge in [0, 0.05) is 23.4 Å². The highest BCUT2D eigenvalue weighted by Crippen LogP contribution is 2.39. The lowest BCUT2D eigenvalue weighted by Crippen LogP contribution is -2.74. The fourth-order valence-electron chi connectivity index (χ4n) is 6.52. The molecule has 0 saturated carbocycles. The van der Waals surface area contributed by atoms with E-state index in [2.05, 4.69) is 16.7 Å². The van der Waals surface area contributed by atoms with Crippen LogP contribution in [0.15, 0.2) is 66.7 Å². The number of halogens is 1. The fourth-order valence-corrected chi connectivity index (χ4v) is 6.75. The number of amides is 3. The number of nitrogens with one attached hydrogen (secondary N) is 2. The van der Waals surface area contributed by atoms with E-state index in [1.165, 1.54) is 0 Å². The van der Waals surface area contributed by atoms with Gasteiger partial charge in [0.15, 0.2) is 11.9 Å². The van der Waals surface area contributed by atoms with Gasteiger partial charge in [-0.3, -0.25) is 19.2 Å². The van der Waals surface area contributed by atoms with E-state index in [1.54, 1.807) is 28.7 Å². The Balaban J connectivity index is 1.54. The molecule has 2 aliphatic heterocycles. The second-order valence-electron chi connectivity index (χ2n) is 13.1. The quantitative estimate of drug-likeness (QED) is 0.332. The fraction of sp³-hybridized carbons (Fsp3) is 0.429. The lowest BCUT2D eigenvalue weighted by atomic mass is 9.79. The van der Waals surface area contributed by atoms with Crippen LogP contribution in [0, 0.1) is 5.41 Å².